The van der Waals surface area contributed by atoms with Gasteiger partial charge in [-0.3, -0.25) is 9.59 Å². The first-order chi connectivity index (χ1) is 10.5. The molecule has 1 aromatic carbocycles. The van der Waals surface area contributed by atoms with Crippen molar-refractivity contribution in [1.82, 2.24) is 9.88 Å². The third-order valence-electron chi connectivity index (χ3n) is 3.30. The van der Waals surface area contributed by atoms with E-state index < -0.39 is 0 Å². The highest BCUT2D eigenvalue weighted by Crippen LogP contribution is 2.20. The second-order valence-electron chi connectivity index (χ2n) is 4.89. The van der Waals surface area contributed by atoms with Crippen molar-refractivity contribution in [3.05, 3.63) is 46.5 Å². The Balaban J connectivity index is 2.00. The molecule has 116 valence electrons. The summed E-state index contributed by atoms with van der Waals surface area (Å²) in [6.45, 7) is 6.20. The molecule has 0 atom stereocenters. The van der Waals surface area contributed by atoms with Crippen LogP contribution in [0.15, 0.2) is 30.3 Å². The summed E-state index contributed by atoms with van der Waals surface area (Å²) in [5.41, 5.74) is 1.49. The molecular formula is C16H19N3O2S. The van der Waals surface area contributed by atoms with E-state index in [9.17, 15) is 9.59 Å². The predicted octanol–water partition coefficient (Wildman–Crippen LogP) is 2.86. The fourth-order valence-electron chi connectivity index (χ4n) is 1.95. The van der Waals surface area contributed by atoms with Crippen LogP contribution < -0.4 is 5.32 Å². The van der Waals surface area contributed by atoms with Crippen LogP contribution in [-0.4, -0.2) is 34.8 Å². The average Bonchev–Trinajstić information content (AvgIpc) is 2.83. The molecule has 0 bridgehead atoms. The molecule has 22 heavy (non-hydrogen) atoms. The van der Waals surface area contributed by atoms with Gasteiger partial charge in [-0.1, -0.05) is 18.2 Å². The highest BCUT2D eigenvalue weighted by molar-refractivity contribution is 7.15. The van der Waals surface area contributed by atoms with E-state index in [4.69, 9.17) is 0 Å². The maximum atomic E-state index is 12.4. The number of nitrogens with zero attached hydrogens (tertiary/aromatic N) is 2. The fraction of sp³-hybridized carbons (Fsp3) is 0.312. The molecule has 6 heteroatoms. The number of carbonyl (C=O) groups excluding carboxylic acids is 2. The predicted molar refractivity (Wildman–Crippen MR) is 88.2 cm³/mol. The lowest BCUT2D eigenvalue weighted by atomic mass is 10.2. The Kier molecular flexibility index (Phi) is 5.27. The van der Waals surface area contributed by atoms with Crippen molar-refractivity contribution in [3.63, 3.8) is 0 Å². The Morgan fingerprint density at radius 2 is 1.91 bits per heavy atom. The van der Waals surface area contributed by atoms with Gasteiger partial charge in [0.2, 0.25) is 5.91 Å². The van der Waals surface area contributed by atoms with Crippen LogP contribution in [0.1, 0.15) is 27.9 Å². The number of amides is 2. The molecule has 0 spiro atoms. The van der Waals surface area contributed by atoms with Gasteiger partial charge in [0.05, 0.1) is 5.69 Å². The highest BCUT2D eigenvalue weighted by atomic mass is 32.1. The molecular weight excluding hydrogens is 298 g/mol. The standard InChI is InChI=1S/C16H19N3O2S/c1-4-19(15(21)13-8-6-5-7-9-13)10-14(20)18-16-17-11(2)12(3)22-16/h5-9H,4,10H2,1-3H3,(H,17,18,20). The molecule has 0 unspecified atom stereocenters. The van der Waals surface area contributed by atoms with Crippen LogP contribution in [0.2, 0.25) is 0 Å². The highest BCUT2D eigenvalue weighted by Gasteiger charge is 2.18. The van der Waals surface area contributed by atoms with Crippen molar-refractivity contribution in [3.8, 4) is 0 Å². The minimum Gasteiger partial charge on any atom is -0.330 e. The summed E-state index contributed by atoms with van der Waals surface area (Å²) >= 11 is 1.44. The zero-order valence-corrected chi connectivity index (χ0v) is 13.7. The van der Waals surface area contributed by atoms with Gasteiger partial charge in [-0.05, 0) is 32.9 Å². The van der Waals surface area contributed by atoms with Crippen molar-refractivity contribution in [2.45, 2.75) is 20.8 Å². The van der Waals surface area contributed by atoms with E-state index in [2.05, 4.69) is 10.3 Å². The number of benzene rings is 1. The second-order valence-corrected chi connectivity index (χ2v) is 6.10. The maximum Gasteiger partial charge on any atom is 0.254 e. The summed E-state index contributed by atoms with van der Waals surface area (Å²) in [7, 11) is 0. The lowest BCUT2D eigenvalue weighted by molar-refractivity contribution is -0.116. The van der Waals surface area contributed by atoms with E-state index in [-0.39, 0.29) is 18.4 Å². The van der Waals surface area contributed by atoms with Gasteiger partial charge < -0.3 is 10.2 Å². The van der Waals surface area contributed by atoms with Crippen LogP contribution in [0.3, 0.4) is 0 Å². The molecule has 2 aromatic rings. The zero-order valence-electron chi connectivity index (χ0n) is 12.9. The number of thiazole rings is 1. The molecule has 1 aromatic heterocycles. The molecule has 2 rings (SSSR count). The van der Waals surface area contributed by atoms with Crippen LogP contribution in [-0.2, 0) is 4.79 Å². The van der Waals surface area contributed by atoms with Crippen molar-refractivity contribution >= 4 is 28.3 Å². The van der Waals surface area contributed by atoms with Crippen molar-refractivity contribution in [2.75, 3.05) is 18.4 Å². The molecule has 0 saturated carbocycles. The number of carbonyl (C=O) groups is 2. The lowest BCUT2D eigenvalue weighted by Gasteiger charge is -2.20. The Morgan fingerprint density at radius 3 is 2.45 bits per heavy atom. The SMILES string of the molecule is CCN(CC(=O)Nc1nc(C)c(C)s1)C(=O)c1ccccc1. The van der Waals surface area contributed by atoms with Crippen LogP contribution >= 0.6 is 11.3 Å². The van der Waals surface area contributed by atoms with Gasteiger partial charge in [-0.25, -0.2) is 4.98 Å². The third kappa shape index (κ3) is 3.92. The minimum absolute atomic E-state index is 0.0158. The van der Waals surface area contributed by atoms with Gasteiger partial charge in [0.25, 0.3) is 5.91 Å². The summed E-state index contributed by atoms with van der Waals surface area (Å²) in [5.74, 6) is -0.385. The van der Waals surface area contributed by atoms with E-state index >= 15 is 0 Å². The van der Waals surface area contributed by atoms with Crippen molar-refractivity contribution < 1.29 is 9.59 Å². The number of hydrogen-bond acceptors (Lipinski definition) is 4. The zero-order chi connectivity index (χ0) is 16.1. The van der Waals surface area contributed by atoms with E-state index in [1.165, 1.54) is 16.2 Å². The monoisotopic (exact) mass is 317 g/mol. The topological polar surface area (TPSA) is 62.3 Å². The van der Waals surface area contributed by atoms with E-state index in [1.54, 1.807) is 12.1 Å². The van der Waals surface area contributed by atoms with Gasteiger partial charge in [-0.2, -0.15) is 0 Å². The number of rotatable bonds is 5. The second kappa shape index (κ2) is 7.17. The Morgan fingerprint density at radius 1 is 1.23 bits per heavy atom. The Bertz CT molecular complexity index is 648. The van der Waals surface area contributed by atoms with E-state index in [1.807, 2.05) is 39.0 Å². The first kappa shape index (κ1) is 16.2. The van der Waals surface area contributed by atoms with E-state index in [0.29, 0.717) is 17.2 Å². The van der Waals surface area contributed by atoms with Crippen molar-refractivity contribution in [1.29, 1.82) is 0 Å². The number of hydrogen-bond donors (Lipinski definition) is 1. The van der Waals surface area contributed by atoms with Crippen LogP contribution in [0.25, 0.3) is 0 Å². The molecule has 0 aliphatic carbocycles. The summed E-state index contributed by atoms with van der Waals surface area (Å²) in [5, 5.41) is 3.32. The third-order valence-corrected chi connectivity index (χ3v) is 4.29. The Hall–Kier alpha value is -2.21. The first-order valence-corrected chi connectivity index (χ1v) is 7.91. The number of anilines is 1. The molecule has 0 aliphatic rings. The molecule has 1 N–H and O–H groups in total. The maximum absolute atomic E-state index is 12.4. The smallest absolute Gasteiger partial charge is 0.254 e. The summed E-state index contributed by atoms with van der Waals surface area (Å²) in [6.07, 6.45) is 0. The van der Waals surface area contributed by atoms with Crippen LogP contribution in [0, 0.1) is 13.8 Å². The largest absolute Gasteiger partial charge is 0.330 e. The van der Waals surface area contributed by atoms with Gasteiger partial charge in [0.1, 0.15) is 6.54 Å². The van der Waals surface area contributed by atoms with Crippen LogP contribution in [0.4, 0.5) is 5.13 Å². The summed E-state index contributed by atoms with van der Waals surface area (Å²) in [6, 6.07) is 8.96. The fourth-order valence-corrected chi connectivity index (χ4v) is 2.78. The van der Waals surface area contributed by atoms with Gasteiger partial charge >= 0.3 is 0 Å². The number of nitrogens with one attached hydrogen (secondary N) is 1. The molecule has 0 fully saturated rings. The first-order valence-electron chi connectivity index (χ1n) is 7.09. The quantitative estimate of drug-likeness (QED) is 0.922. The number of aryl methyl sites for hydroxylation is 2. The molecule has 0 aliphatic heterocycles. The Labute approximate surface area is 134 Å². The number of aromatic nitrogens is 1. The van der Waals surface area contributed by atoms with Gasteiger partial charge in [0.15, 0.2) is 5.13 Å². The minimum atomic E-state index is -0.236. The summed E-state index contributed by atoms with van der Waals surface area (Å²) in [4.78, 5) is 31.3. The average molecular weight is 317 g/mol. The van der Waals surface area contributed by atoms with Gasteiger partial charge in [0, 0.05) is 17.0 Å². The lowest BCUT2D eigenvalue weighted by Crippen LogP contribution is -2.37. The molecule has 0 radical (unpaired) electrons. The van der Waals surface area contributed by atoms with E-state index in [0.717, 1.165) is 10.6 Å². The van der Waals surface area contributed by atoms with Crippen LogP contribution in [0.5, 0.6) is 0 Å². The summed E-state index contributed by atoms with van der Waals surface area (Å²) < 4.78 is 0. The number of likely N-dealkylation sites (N-methyl/N-ethyl adjacent to an activating group) is 1. The molecule has 5 nitrogen and oxygen atoms in total. The molecule has 0 saturated heterocycles. The van der Waals surface area contributed by atoms with Gasteiger partial charge in [-0.15, -0.1) is 11.3 Å². The molecule has 1 heterocycles. The molecule has 2 amide bonds. The van der Waals surface area contributed by atoms with Crippen molar-refractivity contribution in [2.24, 2.45) is 0 Å². The normalized spacial score (nSPS) is 10.3.